The molecule has 4 nitrogen and oxygen atoms in total. The predicted octanol–water partition coefficient (Wildman–Crippen LogP) is 2.42. The van der Waals surface area contributed by atoms with E-state index in [1.807, 2.05) is 37.3 Å². The lowest BCUT2D eigenvalue weighted by Gasteiger charge is -2.29. The van der Waals surface area contributed by atoms with Crippen molar-refractivity contribution in [1.82, 2.24) is 4.90 Å². The van der Waals surface area contributed by atoms with Gasteiger partial charge in [0.15, 0.2) is 0 Å². The van der Waals surface area contributed by atoms with E-state index in [0.29, 0.717) is 25.9 Å². The maximum atomic E-state index is 12.1. The molecule has 0 atom stereocenters. The second-order valence-electron chi connectivity index (χ2n) is 5.37. The fourth-order valence-electron chi connectivity index (χ4n) is 2.55. The molecule has 0 radical (unpaired) electrons. The Bertz CT molecular complexity index is 543. The topological polar surface area (TPSA) is 46.6 Å². The van der Waals surface area contributed by atoms with Crippen LogP contribution in [0.15, 0.2) is 30.3 Å². The molecule has 1 saturated heterocycles. The largest absolute Gasteiger partial charge is 0.469 e. The van der Waals surface area contributed by atoms with Crippen LogP contribution in [-0.2, 0) is 14.3 Å². The molecule has 21 heavy (non-hydrogen) atoms. The van der Waals surface area contributed by atoms with Gasteiger partial charge in [0.25, 0.3) is 0 Å². The Morgan fingerprint density at radius 2 is 2.00 bits per heavy atom. The summed E-state index contributed by atoms with van der Waals surface area (Å²) in [6.07, 6.45) is 4.79. The van der Waals surface area contributed by atoms with Crippen molar-refractivity contribution in [3.05, 3.63) is 41.5 Å². The molecule has 0 aliphatic carbocycles. The molecule has 0 unspecified atom stereocenters. The number of benzene rings is 1. The highest BCUT2D eigenvalue weighted by Crippen LogP contribution is 2.18. The minimum atomic E-state index is -0.169. The third-order valence-electron chi connectivity index (χ3n) is 3.80. The first-order chi connectivity index (χ1) is 10.1. The molecule has 1 amide bonds. The lowest BCUT2D eigenvalue weighted by atomic mass is 9.97. The van der Waals surface area contributed by atoms with E-state index in [-0.39, 0.29) is 17.8 Å². The molecule has 1 aliphatic rings. The van der Waals surface area contributed by atoms with Gasteiger partial charge in [-0.15, -0.1) is 0 Å². The van der Waals surface area contributed by atoms with Crippen molar-refractivity contribution in [2.24, 2.45) is 5.92 Å². The summed E-state index contributed by atoms with van der Waals surface area (Å²) in [4.78, 5) is 25.4. The molecule has 0 saturated carbocycles. The van der Waals surface area contributed by atoms with Gasteiger partial charge in [-0.3, -0.25) is 9.59 Å². The van der Waals surface area contributed by atoms with E-state index in [9.17, 15) is 9.59 Å². The maximum absolute atomic E-state index is 12.1. The van der Waals surface area contributed by atoms with Gasteiger partial charge in [-0.2, -0.15) is 0 Å². The number of carbonyl (C=O) groups is 2. The minimum absolute atomic E-state index is 0.000165. The zero-order valence-electron chi connectivity index (χ0n) is 12.5. The van der Waals surface area contributed by atoms with Gasteiger partial charge in [0.1, 0.15) is 0 Å². The third kappa shape index (κ3) is 4.18. The number of esters is 1. The van der Waals surface area contributed by atoms with Crippen molar-refractivity contribution in [2.75, 3.05) is 20.2 Å². The first-order valence-electron chi connectivity index (χ1n) is 7.21. The van der Waals surface area contributed by atoms with Crippen molar-refractivity contribution < 1.29 is 14.3 Å². The number of likely N-dealkylation sites (tertiary alicyclic amines) is 1. The molecular weight excluding hydrogens is 266 g/mol. The summed E-state index contributed by atoms with van der Waals surface area (Å²) in [5, 5.41) is 0. The lowest BCUT2D eigenvalue weighted by Crippen LogP contribution is -2.39. The third-order valence-corrected chi connectivity index (χ3v) is 3.80. The second kappa shape index (κ2) is 7.07. The number of nitrogens with zero attached hydrogens (tertiary/aromatic N) is 1. The summed E-state index contributed by atoms with van der Waals surface area (Å²) in [5.41, 5.74) is 2.19. The molecule has 1 heterocycles. The molecule has 1 aromatic rings. The van der Waals surface area contributed by atoms with E-state index in [2.05, 4.69) is 0 Å². The Balaban J connectivity index is 1.89. The Labute approximate surface area is 125 Å². The second-order valence-corrected chi connectivity index (χ2v) is 5.37. The first kappa shape index (κ1) is 15.3. The molecule has 1 aromatic carbocycles. The number of carbonyl (C=O) groups excluding carboxylic acids is 2. The number of ether oxygens (including phenoxy) is 1. The molecular formula is C17H21NO3. The molecule has 112 valence electrons. The summed E-state index contributed by atoms with van der Waals surface area (Å²) in [6.45, 7) is 3.24. The van der Waals surface area contributed by atoms with Crippen LogP contribution in [0.2, 0.25) is 0 Å². The highest BCUT2D eigenvalue weighted by molar-refractivity contribution is 5.92. The molecule has 0 N–H and O–H groups in total. The monoisotopic (exact) mass is 287 g/mol. The van der Waals surface area contributed by atoms with Gasteiger partial charge in [-0.05, 0) is 31.4 Å². The van der Waals surface area contributed by atoms with E-state index in [0.717, 1.165) is 5.56 Å². The molecule has 0 aromatic heterocycles. The number of aryl methyl sites for hydroxylation is 1. The van der Waals surface area contributed by atoms with Crippen LogP contribution in [-0.4, -0.2) is 37.0 Å². The van der Waals surface area contributed by atoms with Crippen molar-refractivity contribution in [2.45, 2.75) is 19.8 Å². The molecule has 1 aliphatic heterocycles. The normalized spacial score (nSPS) is 16.2. The molecule has 4 heteroatoms. The van der Waals surface area contributed by atoms with Gasteiger partial charge in [-0.25, -0.2) is 0 Å². The van der Waals surface area contributed by atoms with Crippen molar-refractivity contribution >= 4 is 18.0 Å². The number of methoxy groups -OCH3 is 1. The van der Waals surface area contributed by atoms with E-state index in [4.69, 9.17) is 4.74 Å². The summed E-state index contributed by atoms with van der Waals surface area (Å²) in [7, 11) is 1.41. The van der Waals surface area contributed by atoms with E-state index in [1.54, 1.807) is 11.0 Å². The first-order valence-corrected chi connectivity index (χ1v) is 7.21. The Morgan fingerprint density at radius 1 is 1.29 bits per heavy atom. The van der Waals surface area contributed by atoms with Gasteiger partial charge in [0.2, 0.25) is 5.91 Å². The zero-order valence-corrected chi connectivity index (χ0v) is 12.5. The molecule has 0 bridgehead atoms. The highest BCUT2D eigenvalue weighted by Gasteiger charge is 2.26. The van der Waals surface area contributed by atoms with Crippen molar-refractivity contribution in [1.29, 1.82) is 0 Å². The van der Waals surface area contributed by atoms with Crippen LogP contribution in [0.3, 0.4) is 0 Å². The quantitative estimate of drug-likeness (QED) is 0.633. The van der Waals surface area contributed by atoms with Gasteiger partial charge in [-0.1, -0.05) is 29.8 Å². The Morgan fingerprint density at radius 3 is 2.62 bits per heavy atom. The van der Waals surface area contributed by atoms with Crippen LogP contribution in [0.5, 0.6) is 0 Å². The molecule has 0 spiro atoms. The average Bonchev–Trinajstić information content (AvgIpc) is 2.52. The number of rotatable bonds is 3. The van der Waals surface area contributed by atoms with Crippen LogP contribution in [0.25, 0.3) is 6.08 Å². The predicted molar refractivity (Wildman–Crippen MR) is 81.5 cm³/mol. The average molecular weight is 287 g/mol. The van der Waals surface area contributed by atoms with Crippen molar-refractivity contribution in [3.63, 3.8) is 0 Å². The maximum Gasteiger partial charge on any atom is 0.308 e. The standard InChI is InChI=1S/C17H21NO3/c1-13-4-3-5-14(12-13)6-7-16(19)18-10-8-15(9-11-18)17(20)21-2/h3-7,12,15H,8-11H2,1-2H3. The van der Waals surface area contributed by atoms with Gasteiger partial charge >= 0.3 is 5.97 Å². The van der Waals surface area contributed by atoms with Crippen LogP contribution in [0.1, 0.15) is 24.0 Å². The Hall–Kier alpha value is -2.10. The number of piperidine rings is 1. The summed E-state index contributed by atoms with van der Waals surface area (Å²) in [6, 6.07) is 8.01. The fourth-order valence-corrected chi connectivity index (χ4v) is 2.55. The fraction of sp³-hybridized carbons (Fsp3) is 0.412. The van der Waals surface area contributed by atoms with Crippen LogP contribution < -0.4 is 0 Å². The highest BCUT2D eigenvalue weighted by atomic mass is 16.5. The summed E-state index contributed by atoms with van der Waals surface area (Å²) in [5.74, 6) is -0.239. The summed E-state index contributed by atoms with van der Waals surface area (Å²) < 4.78 is 4.75. The van der Waals surface area contributed by atoms with E-state index in [1.165, 1.54) is 12.7 Å². The van der Waals surface area contributed by atoms with Crippen molar-refractivity contribution in [3.8, 4) is 0 Å². The number of hydrogen-bond donors (Lipinski definition) is 0. The summed E-state index contributed by atoms with van der Waals surface area (Å²) >= 11 is 0. The van der Waals surface area contributed by atoms with E-state index >= 15 is 0 Å². The van der Waals surface area contributed by atoms with Gasteiger partial charge < -0.3 is 9.64 Å². The smallest absolute Gasteiger partial charge is 0.308 e. The van der Waals surface area contributed by atoms with E-state index < -0.39 is 0 Å². The van der Waals surface area contributed by atoms with Gasteiger partial charge in [0, 0.05) is 19.2 Å². The number of amides is 1. The Kier molecular flexibility index (Phi) is 5.14. The van der Waals surface area contributed by atoms with Gasteiger partial charge in [0.05, 0.1) is 13.0 Å². The zero-order chi connectivity index (χ0) is 15.2. The SMILES string of the molecule is COC(=O)C1CCN(C(=O)C=Cc2cccc(C)c2)CC1. The molecule has 2 rings (SSSR count). The van der Waals surface area contributed by atoms with Crippen LogP contribution >= 0.6 is 0 Å². The molecule has 1 fully saturated rings. The minimum Gasteiger partial charge on any atom is -0.469 e. The lowest BCUT2D eigenvalue weighted by molar-refractivity contribution is -0.148. The number of hydrogen-bond acceptors (Lipinski definition) is 3. The van der Waals surface area contributed by atoms with Crippen LogP contribution in [0, 0.1) is 12.8 Å². The van der Waals surface area contributed by atoms with Crippen LogP contribution in [0.4, 0.5) is 0 Å².